The van der Waals surface area contributed by atoms with E-state index in [2.05, 4.69) is 15.6 Å². The van der Waals surface area contributed by atoms with E-state index >= 15 is 0 Å². The van der Waals surface area contributed by atoms with E-state index in [4.69, 9.17) is 5.26 Å². The predicted molar refractivity (Wildman–Crippen MR) is 93.0 cm³/mol. The lowest BCUT2D eigenvalue weighted by Crippen LogP contribution is -2.13. The summed E-state index contributed by atoms with van der Waals surface area (Å²) in [6, 6.07) is 14.9. The van der Waals surface area contributed by atoms with Crippen LogP contribution in [0, 0.1) is 23.0 Å². The largest absolute Gasteiger partial charge is 0.340 e. The molecule has 0 radical (unpaired) electrons. The van der Waals surface area contributed by atoms with E-state index in [0.717, 1.165) is 12.1 Å². The molecule has 3 aromatic rings. The van der Waals surface area contributed by atoms with Crippen molar-refractivity contribution in [3.05, 3.63) is 83.6 Å². The van der Waals surface area contributed by atoms with E-state index in [1.54, 1.807) is 30.3 Å². The Morgan fingerprint density at radius 1 is 1.08 bits per heavy atom. The number of carbonyl (C=O) groups is 1. The third-order valence-electron chi connectivity index (χ3n) is 3.47. The molecule has 26 heavy (non-hydrogen) atoms. The maximum Gasteiger partial charge on any atom is 0.257 e. The smallest absolute Gasteiger partial charge is 0.257 e. The maximum atomic E-state index is 13.6. The zero-order valence-electron chi connectivity index (χ0n) is 13.3. The van der Waals surface area contributed by atoms with Gasteiger partial charge in [-0.25, -0.2) is 13.8 Å². The van der Waals surface area contributed by atoms with Crippen LogP contribution in [0.5, 0.6) is 0 Å². The topological polar surface area (TPSA) is 77.8 Å². The molecular weight excluding hydrogens is 338 g/mol. The molecule has 0 fully saturated rings. The fourth-order valence-electron chi connectivity index (χ4n) is 2.20. The zero-order valence-corrected chi connectivity index (χ0v) is 13.3. The number of halogens is 2. The summed E-state index contributed by atoms with van der Waals surface area (Å²) in [6.45, 7) is 0. The number of nitriles is 1. The fraction of sp³-hybridized carbons (Fsp3) is 0. The first kappa shape index (κ1) is 17.0. The summed E-state index contributed by atoms with van der Waals surface area (Å²) >= 11 is 0. The summed E-state index contributed by atoms with van der Waals surface area (Å²) in [4.78, 5) is 16.3. The number of aromatic nitrogens is 1. The molecule has 2 aromatic carbocycles. The summed E-state index contributed by atoms with van der Waals surface area (Å²) in [5, 5.41) is 14.3. The van der Waals surface area contributed by atoms with Gasteiger partial charge in [-0.3, -0.25) is 4.79 Å². The van der Waals surface area contributed by atoms with Gasteiger partial charge in [0.15, 0.2) is 0 Å². The van der Waals surface area contributed by atoms with E-state index in [1.165, 1.54) is 12.3 Å². The number of hydrogen-bond acceptors (Lipinski definition) is 4. The molecule has 0 unspecified atom stereocenters. The Bertz CT molecular complexity index is 997. The van der Waals surface area contributed by atoms with Crippen molar-refractivity contribution in [2.75, 3.05) is 10.6 Å². The summed E-state index contributed by atoms with van der Waals surface area (Å²) in [5.74, 6) is -1.68. The number of carbonyl (C=O) groups excluding carboxylic acids is 1. The van der Waals surface area contributed by atoms with Gasteiger partial charge in [0.05, 0.1) is 22.9 Å². The van der Waals surface area contributed by atoms with Gasteiger partial charge in [0.25, 0.3) is 5.91 Å². The zero-order chi connectivity index (χ0) is 18.5. The van der Waals surface area contributed by atoms with Gasteiger partial charge < -0.3 is 10.6 Å². The highest BCUT2D eigenvalue weighted by Crippen LogP contribution is 2.18. The molecular formula is C19H12F2N4O. The normalized spacial score (nSPS) is 10.0. The first-order chi connectivity index (χ1) is 12.5. The van der Waals surface area contributed by atoms with Crippen LogP contribution in [0.3, 0.4) is 0 Å². The molecule has 0 saturated heterocycles. The van der Waals surface area contributed by atoms with Crippen molar-refractivity contribution in [1.82, 2.24) is 4.98 Å². The highest BCUT2D eigenvalue weighted by molar-refractivity contribution is 6.04. The van der Waals surface area contributed by atoms with E-state index in [1.807, 2.05) is 6.07 Å². The fourth-order valence-corrected chi connectivity index (χ4v) is 2.20. The quantitative estimate of drug-likeness (QED) is 0.738. The lowest BCUT2D eigenvalue weighted by atomic mass is 10.2. The van der Waals surface area contributed by atoms with E-state index < -0.39 is 17.5 Å². The SMILES string of the molecule is N#Cc1cccc(Nc2ccc(C(=O)Nc3ccc(F)cc3F)cn2)c1. The van der Waals surface area contributed by atoms with Crippen LogP contribution in [-0.4, -0.2) is 10.9 Å². The first-order valence-corrected chi connectivity index (χ1v) is 7.55. The Labute approximate surface area is 147 Å². The molecule has 0 saturated carbocycles. The second-order valence-electron chi connectivity index (χ2n) is 5.33. The van der Waals surface area contributed by atoms with Crippen molar-refractivity contribution in [2.24, 2.45) is 0 Å². The van der Waals surface area contributed by atoms with Crippen molar-refractivity contribution in [3.63, 3.8) is 0 Å². The van der Waals surface area contributed by atoms with Crippen molar-refractivity contribution in [1.29, 1.82) is 5.26 Å². The molecule has 0 aliphatic heterocycles. The Kier molecular flexibility index (Phi) is 4.85. The van der Waals surface area contributed by atoms with Crippen molar-refractivity contribution in [2.45, 2.75) is 0 Å². The summed E-state index contributed by atoms with van der Waals surface area (Å²) in [7, 11) is 0. The van der Waals surface area contributed by atoms with Crippen LogP contribution >= 0.6 is 0 Å². The van der Waals surface area contributed by atoms with Gasteiger partial charge in [-0.05, 0) is 42.5 Å². The lowest BCUT2D eigenvalue weighted by molar-refractivity contribution is 0.102. The van der Waals surface area contributed by atoms with Gasteiger partial charge in [0, 0.05) is 18.0 Å². The van der Waals surface area contributed by atoms with E-state index in [9.17, 15) is 13.6 Å². The Morgan fingerprint density at radius 3 is 2.62 bits per heavy atom. The minimum atomic E-state index is -0.859. The Morgan fingerprint density at radius 2 is 1.92 bits per heavy atom. The highest BCUT2D eigenvalue weighted by atomic mass is 19.1. The highest BCUT2D eigenvalue weighted by Gasteiger charge is 2.10. The molecule has 1 heterocycles. The molecule has 7 heteroatoms. The number of rotatable bonds is 4. The van der Waals surface area contributed by atoms with E-state index in [-0.39, 0.29) is 11.3 Å². The summed E-state index contributed by atoms with van der Waals surface area (Å²) in [5.41, 5.74) is 1.28. The molecule has 1 aromatic heterocycles. The van der Waals surface area contributed by atoms with Crippen LogP contribution in [0.1, 0.15) is 15.9 Å². The monoisotopic (exact) mass is 350 g/mol. The minimum absolute atomic E-state index is 0.119. The number of nitrogens with zero attached hydrogens (tertiary/aromatic N) is 2. The van der Waals surface area contributed by atoms with Gasteiger partial charge in [-0.2, -0.15) is 5.26 Å². The molecule has 5 nitrogen and oxygen atoms in total. The molecule has 0 aliphatic carbocycles. The van der Waals surface area contributed by atoms with Crippen molar-refractivity contribution in [3.8, 4) is 6.07 Å². The molecule has 3 rings (SSSR count). The van der Waals surface area contributed by atoms with Crippen LogP contribution in [0.15, 0.2) is 60.8 Å². The van der Waals surface area contributed by atoms with Crippen LogP contribution in [0.25, 0.3) is 0 Å². The third kappa shape index (κ3) is 3.99. The van der Waals surface area contributed by atoms with Crippen LogP contribution in [-0.2, 0) is 0 Å². The lowest BCUT2D eigenvalue weighted by Gasteiger charge is -2.08. The summed E-state index contributed by atoms with van der Waals surface area (Å²) in [6.07, 6.45) is 1.33. The predicted octanol–water partition coefficient (Wildman–Crippen LogP) is 4.23. The average molecular weight is 350 g/mol. The number of pyridine rings is 1. The average Bonchev–Trinajstić information content (AvgIpc) is 2.64. The molecule has 0 bridgehead atoms. The standard InChI is InChI=1S/C19H12F2N4O/c20-14-5-6-17(16(21)9-14)25-19(26)13-4-7-18(23-11-13)24-15-3-1-2-12(8-15)10-22/h1-9,11H,(H,23,24)(H,25,26). The molecule has 1 amide bonds. The second kappa shape index (κ2) is 7.40. The van der Waals surface area contributed by atoms with Gasteiger partial charge in [0.1, 0.15) is 17.5 Å². The van der Waals surface area contributed by atoms with Gasteiger partial charge >= 0.3 is 0 Å². The van der Waals surface area contributed by atoms with Gasteiger partial charge in [0.2, 0.25) is 0 Å². The number of benzene rings is 2. The Balaban J connectivity index is 1.70. The molecule has 0 aliphatic rings. The maximum absolute atomic E-state index is 13.6. The summed E-state index contributed by atoms with van der Waals surface area (Å²) < 4.78 is 26.5. The Hall–Kier alpha value is -3.79. The number of nitrogens with one attached hydrogen (secondary N) is 2. The third-order valence-corrected chi connectivity index (χ3v) is 3.47. The van der Waals surface area contributed by atoms with Gasteiger partial charge in [-0.15, -0.1) is 0 Å². The number of amides is 1. The van der Waals surface area contributed by atoms with E-state index in [0.29, 0.717) is 23.1 Å². The molecule has 2 N–H and O–H groups in total. The van der Waals surface area contributed by atoms with Crippen molar-refractivity contribution >= 4 is 23.1 Å². The van der Waals surface area contributed by atoms with Crippen LogP contribution in [0.4, 0.5) is 26.0 Å². The molecule has 0 spiro atoms. The second-order valence-corrected chi connectivity index (χ2v) is 5.33. The molecule has 128 valence electrons. The van der Waals surface area contributed by atoms with Crippen LogP contribution < -0.4 is 10.6 Å². The minimum Gasteiger partial charge on any atom is -0.340 e. The molecule has 0 atom stereocenters. The van der Waals surface area contributed by atoms with Gasteiger partial charge in [-0.1, -0.05) is 6.07 Å². The first-order valence-electron chi connectivity index (χ1n) is 7.55. The van der Waals surface area contributed by atoms with Crippen molar-refractivity contribution < 1.29 is 13.6 Å². The number of anilines is 3. The number of hydrogen-bond donors (Lipinski definition) is 2. The van der Waals surface area contributed by atoms with Crippen LogP contribution in [0.2, 0.25) is 0 Å².